The molecule has 34 heavy (non-hydrogen) atoms. The van der Waals surface area contributed by atoms with E-state index in [0.717, 1.165) is 57.8 Å². The summed E-state index contributed by atoms with van der Waals surface area (Å²) in [6, 6.07) is 8.28. The van der Waals surface area contributed by atoms with Crippen LogP contribution in [0.3, 0.4) is 0 Å². The number of hydrogen-bond acceptors (Lipinski definition) is 8. The van der Waals surface area contributed by atoms with Crippen LogP contribution in [0.1, 0.15) is 46.1 Å². The highest BCUT2D eigenvalue weighted by molar-refractivity contribution is 6.04. The Bertz CT molecular complexity index is 836. The summed E-state index contributed by atoms with van der Waals surface area (Å²) in [5.74, 6) is -0.106. The number of piperidine rings is 1. The Morgan fingerprint density at radius 3 is 2.21 bits per heavy atom. The average molecular weight is 474 g/mol. The smallest absolute Gasteiger partial charge is 0.412 e. The predicted molar refractivity (Wildman–Crippen MR) is 133 cm³/mol. The number of nitrogens with zero attached hydrogens (tertiary/aromatic N) is 3. The molecule has 0 unspecified atom stereocenters. The number of amidine groups is 1. The van der Waals surface area contributed by atoms with Crippen molar-refractivity contribution in [3.05, 3.63) is 29.8 Å². The quantitative estimate of drug-likeness (QED) is 0.372. The first-order chi connectivity index (χ1) is 16.1. The maximum Gasteiger partial charge on any atom is 0.412 e. The number of piperazine rings is 1. The Kier molecular flexibility index (Phi) is 8.90. The second-order valence-corrected chi connectivity index (χ2v) is 9.88. The fourth-order valence-electron chi connectivity index (χ4n) is 4.52. The summed E-state index contributed by atoms with van der Waals surface area (Å²) in [7, 11) is 0. The normalized spacial score (nSPS) is 18.4. The third-order valence-electron chi connectivity index (χ3n) is 6.18. The molecule has 0 atom stereocenters. The Hall–Kier alpha value is -2.65. The molecule has 0 spiro atoms. The van der Waals surface area contributed by atoms with E-state index in [9.17, 15) is 9.59 Å². The molecule has 9 heteroatoms. The minimum Gasteiger partial charge on any atom is -0.459 e. The van der Waals surface area contributed by atoms with Gasteiger partial charge in [-0.15, -0.1) is 0 Å². The second-order valence-electron chi connectivity index (χ2n) is 9.88. The highest BCUT2D eigenvalue weighted by Crippen LogP contribution is 2.22. The van der Waals surface area contributed by atoms with Gasteiger partial charge in [0.05, 0.1) is 13.2 Å². The molecule has 0 aromatic heterocycles. The van der Waals surface area contributed by atoms with Crippen LogP contribution < -0.4 is 10.2 Å². The topological polar surface area (TPSA) is 98.2 Å². The molecule has 0 bridgehead atoms. The molecule has 1 aromatic carbocycles. The first kappa shape index (κ1) is 26.0. The van der Waals surface area contributed by atoms with E-state index in [1.807, 2.05) is 45.0 Å². The summed E-state index contributed by atoms with van der Waals surface area (Å²) >= 11 is 0. The molecule has 0 aliphatic carbocycles. The Morgan fingerprint density at radius 1 is 1.03 bits per heavy atom. The van der Waals surface area contributed by atoms with E-state index in [1.54, 1.807) is 6.92 Å². The molecule has 2 N–H and O–H groups in total. The zero-order chi connectivity index (χ0) is 24.7. The van der Waals surface area contributed by atoms with Gasteiger partial charge in [-0.05, 0) is 64.8 Å². The van der Waals surface area contributed by atoms with Crippen LogP contribution >= 0.6 is 0 Å². The van der Waals surface area contributed by atoms with Crippen LogP contribution in [0.25, 0.3) is 0 Å². The van der Waals surface area contributed by atoms with Gasteiger partial charge in [0, 0.05) is 56.6 Å². The van der Waals surface area contributed by atoms with Crippen LogP contribution in [0, 0.1) is 5.41 Å². The third-order valence-corrected chi connectivity index (χ3v) is 6.18. The van der Waals surface area contributed by atoms with Gasteiger partial charge in [-0.2, -0.15) is 0 Å². The van der Waals surface area contributed by atoms with Crippen molar-refractivity contribution in [2.75, 3.05) is 57.3 Å². The standard InChI is InChI=1S/C25H39N5O4/c1-5-33-24(32)27-23(26)19-6-8-20(9-7-19)29-14-16-30(17-15-29)21-10-12-28(13-11-21)18-22(31)34-25(2,3)4/h6-9,21H,5,10-18H2,1-4H3,(H2,26,27,32). The number of esters is 1. The molecule has 188 valence electrons. The summed E-state index contributed by atoms with van der Waals surface area (Å²) in [5.41, 5.74) is 1.34. The molecule has 3 rings (SSSR count). The van der Waals surface area contributed by atoms with Crippen molar-refractivity contribution in [1.82, 2.24) is 15.1 Å². The number of rotatable bonds is 6. The molecule has 2 aliphatic heterocycles. The molecular weight excluding hydrogens is 434 g/mol. The number of nitrogens with one attached hydrogen (secondary N) is 2. The Balaban J connectivity index is 1.41. The summed E-state index contributed by atoms with van der Waals surface area (Å²) in [6.45, 7) is 13.9. The van der Waals surface area contributed by atoms with Crippen LogP contribution in [0.15, 0.2) is 24.3 Å². The van der Waals surface area contributed by atoms with Gasteiger partial charge in [-0.1, -0.05) is 0 Å². The van der Waals surface area contributed by atoms with Crippen molar-refractivity contribution < 1.29 is 19.1 Å². The van der Waals surface area contributed by atoms with Crippen molar-refractivity contribution in [3.63, 3.8) is 0 Å². The number of benzene rings is 1. The lowest BCUT2D eigenvalue weighted by atomic mass is 10.0. The van der Waals surface area contributed by atoms with Gasteiger partial charge in [0.1, 0.15) is 11.4 Å². The van der Waals surface area contributed by atoms with E-state index in [2.05, 4.69) is 20.0 Å². The maximum absolute atomic E-state index is 12.1. The van der Waals surface area contributed by atoms with Gasteiger partial charge in [-0.25, -0.2) is 4.79 Å². The third kappa shape index (κ3) is 7.70. The van der Waals surface area contributed by atoms with Crippen molar-refractivity contribution in [3.8, 4) is 0 Å². The summed E-state index contributed by atoms with van der Waals surface area (Å²) in [4.78, 5) is 30.7. The lowest BCUT2D eigenvalue weighted by Crippen LogP contribution is -2.53. The number of hydrogen-bond donors (Lipinski definition) is 2. The van der Waals surface area contributed by atoms with Crippen molar-refractivity contribution >= 4 is 23.6 Å². The monoisotopic (exact) mass is 473 g/mol. The number of anilines is 1. The van der Waals surface area contributed by atoms with Crippen LogP contribution in [-0.4, -0.2) is 91.8 Å². The number of carbonyl (C=O) groups excluding carboxylic acids is 2. The predicted octanol–water partition coefficient (Wildman–Crippen LogP) is 2.69. The largest absolute Gasteiger partial charge is 0.459 e. The minimum atomic E-state index is -0.608. The molecule has 0 radical (unpaired) electrons. The molecule has 1 amide bonds. The zero-order valence-corrected chi connectivity index (χ0v) is 20.9. The van der Waals surface area contributed by atoms with Gasteiger partial charge < -0.3 is 14.4 Å². The maximum atomic E-state index is 12.1. The summed E-state index contributed by atoms with van der Waals surface area (Å²) in [6.07, 6.45) is 1.54. The molecule has 2 fully saturated rings. The van der Waals surface area contributed by atoms with Crippen molar-refractivity contribution in [2.24, 2.45) is 0 Å². The van der Waals surface area contributed by atoms with E-state index in [1.165, 1.54) is 0 Å². The van der Waals surface area contributed by atoms with E-state index in [-0.39, 0.29) is 18.4 Å². The number of carbonyl (C=O) groups is 2. The Morgan fingerprint density at radius 2 is 1.65 bits per heavy atom. The van der Waals surface area contributed by atoms with Crippen LogP contribution in [-0.2, 0) is 14.3 Å². The number of alkyl carbamates (subject to hydrolysis) is 1. The fourth-order valence-corrected chi connectivity index (χ4v) is 4.52. The van der Waals surface area contributed by atoms with Crippen LogP contribution in [0.4, 0.5) is 10.5 Å². The van der Waals surface area contributed by atoms with Crippen molar-refractivity contribution in [2.45, 2.75) is 52.2 Å². The highest BCUT2D eigenvalue weighted by atomic mass is 16.6. The van der Waals surface area contributed by atoms with Gasteiger partial charge in [-0.3, -0.25) is 25.3 Å². The molecule has 2 heterocycles. The number of likely N-dealkylation sites (tertiary alicyclic amines) is 1. The summed E-state index contributed by atoms with van der Waals surface area (Å²) < 4.78 is 10.3. The van der Waals surface area contributed by atoms with E-state index in [0.29, 0.717) is 18.2 Å². The number of amides is 1. The SMILES string of the molecule is CCOC(=O)NC(=N)c1ccc(N2CCN(C3CCN(CC(=O)OC(C)(C)C)CC3)CC2)cc1. The van der Waals surface area contributed by atoms with E-state index >= 15 is 0 Å². The van der Waals surface area contributed by atoms with Crippen molar-refractivity contribution in [1.29, 1.82) is 5.41 Å². The van der Waals surface area contributed by atoms with Crippen LogP contribution in [0.5, 0.6) is 0 Å². The van der Waals surface area contributed by atoms with Gasteiger partial charge in [0.15, 0.2) is 0 Å². The first-order valence-corrected chi connectivity index (χ1v) is 12.2. The molecular formula is C25H39N5O4. The Labute approximate surface area is 202 Å². The van der Waals surface area contributed by atoms with Gasteiger partial charge in [0.25, 0.3) is 0 Å². The van der Waals surface area contributed by atoms with E-state index in [4.69, 9.17) is 14.9 Å². The molecule has 0 saturated carbocycles. The van der Waals surface area contributed by atoms with Crippen LogP contribution in [0.2, 0.25) is 0 Å². The number of ether oxygens (including phenoxy) is 2. The lowest BCUT2D eigenvalue weighted by molar-refractivity contribution is -0.156. The van der Waals surface area contributed by atoms with E-state index < -0.39 is 11.7 Å². The highest BCUT2D eigenvalue weighted by Gasteiger charge is 2.29. The second kappa shape index (κ2) is 11.7. The molecule has 9 nitrogen and oxygen atoms in total. The van der Waals surface area contributed by atoms with Gasteiger partial charge >= 0.3 is 12.1 Å². The molecule has 1 aromatic rings. The zero-order valence-electron chi connectivity index (χ0n) is 20.9. The summed E-state index contributed by atoms with van der Waals surface area (Å²) in [5, 5.41) is 10.5. The minimum absolute atomic E-state index is 0.0350. The molecule has 2 saturated heterocycles. The first-order valence-electron chi connectivity index (χ1n) is 12.2. The molecule has 2 aliphatic rings. The van der Waals surface area contributed by atoms with Gasteiger partial charge in [0.2, 0.25) is 0 Å². The lowest BCUT2D eigenvalue weighted by Gasteiger charge is -2.43. The fraction of sp³-hybridized carbons (Fsp3) is 0.640. The average Bonchev–Trinajstić information content (AvgIpc) is 2.79.